The van der Waals surface area contributed by atoms with Gasteiger partial charge in [0, 0.05) is 19.0 Å². The first-order valence-corrected chi connectivity index (χ1v) is 8.53. The molecule has 6 nitrogen and oxygen atoms in total. The van der Waals surface area contributed by atoms with E-state index in [1.54, 1.807) is 19.1 Å². The fourth-order valence-electron chi connectivity index (χ4n) is 2.56. The molecule has 0 aromatic heterocycles. The molecule has 0 spiro atoms. The van der Waals surface area contributed by atoms with E-state index < -0.39 is 0 Å². The number of methoxy groups -OCH3 is 3. The third-order valence-corrected chi connectivity index (χ3v) is 4.30. The van der Waals surface area contributed by atoms with E-state index in [1.165, 1.54) is 7.11 Å². The second kappa shape index (κ2) is 10.6. The van der Waals surface area contributed by atoms with Gasteiger partial charge in [-0.25, -0.2) is 0 Å². The minimum atomic E-state index is -0.305. The molecule has 0 aliphatic rings. The van der Waals surface area contributed by atoms with E-state index >= 15 is 0 Å². The van der Waals surface area contributed by atoms with Gasteiger partial charge in [0.15, 0.2) is 11.5 Å². The number of esters is 1. The van der Waals surface area contributed by atoms with Gasteiger partial charge in [0.05, 0.1) is 27.8 Å². The monoisotopic (exact) mass is 351 g/mol. The van der Waals surface area contributed by atoms with E-state index in [4.69, 9.17) is 9.47 Å². The average Bonchev–Trinajstić information content (AvgIpc) is 2.65. The molecule has 0 fully saturated rings. The lowest BCUT2D eigenvalue weighted by Crippen LogP contribution is -2.40. The van der Waals surface area contributed by atoms with Gasteiger partial charge in [0.2, 0.25) is 5.91 Å². The molecule has 0 N–H and O–H groups in total. The van der Waals surface area contributed by atoms with Gasteiger partial charge in [0.1, 0.15) is 0 Å². The highest BCUT2D eigenvalue weighted by molar-refractivity contribution is 5.78. The lowest BCUT2D eigenvalue weighted by molar-refractivity contribution is -0.142. The van der Waals surface area contributed by atoms with E-state index in [1.807, 2.05) is 32.0 Å². The molecule has 1 rings (SSSR count). The topological polar surface area (TPSA) is 65.1 Å². The summed E-state index contributed by atoms with van der Waals surface area (Å²) in [4.78, 5) is 25.7. The van der Waals surface area contributed by atoms with Gasteiger partial charge in [-0.05, 0) is 37.5 Å². The smallest absolute Gasteiger partial charge is 0.307 e. The van der Waals surface area contributed by atoms with Crippen molar-refractivity contribution < 1.29 is 23.8 Å². The molecule has 0 aliphatic carbocycles. The molecule has 1 atom stereocenters. The molecule has 1 aromatic rings. The maximum Gasteiger partial charge on any atom is 0.307 e. The van der Waals surface area contributed by atoms with Crippen LogP contribution in [-0.4, -0.2) is 50.7 Å². The second-order valence-electron chi connectivity index (χ2n) is 5.86. The van der Waals surface area contributed by atoms with Crippen LogP contribution in [0.15, 0.2) is 18.2 Å². The number of nitrogens with zero attached hydrogens (tertiary/aromatic N) is 1. The lowest BCUT2D eigenvalue weighted by Gasteiger charge is -2.28. The van der Waals surface area contributed by atoms with Crippen molar-refractivity contribution in [2.45, 2.75) is 45.6 Å². The summed E-state index contributed by atoms with van der Waals surface area (Å²) in [6.45, 7) is 4.40. The number of aryl methyl sites for hydroxylation is 1. The van der Waals surface area contributed by atoms with Crippen molar-refractivity contribution in [1.82, 2.24) is 4.90 Å². The summed E-state index contributed by atoms with van der Waals surface area (Å²) in [6, 6.07) is 5.73. The van der Waals surface area contributed by atoms with Crippen molar-refractivity contribution in [3.63, 3.8) is 0 Å². The van der Waals surface area contributed by atoms with Crippen LogP contribution in [0.5, 0.6) is 11.5 Å². The van der Waals surface area contributed by atoms with E-state index in [2.05, 4.69) is 4.74 Å². The van der Waals surface area contributed by atoms with Gasteiger partial charge in [-0.15, -0.1) is 0 Å². The Hall–Kier alpha value is -2.24. The summed E-state index contributed by atoms with van der Waals surface area (Å²) in [5.41, 5.74) is 1.00. The molecule has 0 aliphatic heterocycles. The first-order valence-electron chi connectivity index (χ1n) is 8.53. The number of ether oxygens (including phenoxy) is 3. The minimum absolute atomic E-state index is 0.0352. The van der Waals surface area contributed by atoms with Crippen LogP contribution < -0.4 is 9.47 Å². The highest BCUT2D eigenvalue weighted by Crippen LogP contribution is 2.28. The highest BCUT2D eigenvalue weighted by atomic mass is 16.5. The van der Waals surface area contributed by atoms with Crippen molar-refractivity contribution in [3.8, 4) is 11.5 Å². The van der Waals surface area contributed by atoms with E-state index in [9.17, 15) is 9.59 Å². The Kier molecular flexibility index (Phi) is 8.81. The lowest BCUT2D eigenvalue weighted by atomic mass is 10.1. The fraction of sp³-hybridized carbons (Fsp3) is 0.579. The van der Waals surface area contributed by atoms with Crippen LogP contribution in [0.4, 0.5) is 0 Å². The molecule has 25 heavy (non-hydrogen) atoms. The molecule has 0 bridgehead atoms. The number of hydrogen-bond donors (Lipinski definition) is 0. The Bertz CT molecular complexity index is 573. The number of hydrogen-bond acceptors (Lipinski definition) is 5. The Morgan fingerprint density at radius 3 is 2.32 bits per heavy atom. The third-order valence-electron chi connectivity index (χ3n) is 4.30. The van der Waals surface area contributed by atoms with E-state index in [0.29, 0.717) is 30.9 Å². The first kappa shape index (κ1) is 20.8. The van der Waals surface area contributed by atoms with E-state index in [0.717, 1.165) is 12.0 Å². The molecule has 1 unspecified atom stereocenters. The highest BCUT2D eigenvalue weighted by Gasteiger charge is 2.20. The molecule has 1 amide bonds. The molecule has 140 valence electrons. The Morgan fingerprint density at radius 1 is 1.08 bits per heavy atom. The van der Waals surface area contributed by atoms with Crippen LogP contribution in [0.3, 0.4) is 0 Å². The summed E-state index contributed by atoms with van der Waals surface area (Å²) in [5, 5.41) is 0. The zero-order valence-corrected chi connectivity index (χ0v) is 15.8. The van der Waals surface area contributed by atoms with Gasteiger partial charge >= 0.3 is 5.97 Å². The van der Waals surface area contributed by atoms with Crippen LogP contribution in [0.2, 0.25) is 0 Å². The van der Waals surface area contributed by atoms with Crippen LogP contribution >= 0.6 is 0 Å². The quantitative estimate of drug-likeness (QED) is 0.607. The average molecular weight is 351 g/mol. The van der Waals surface area contributed by atoms with Crippen LogP contribution in [-0.2, 0) is 20.7 Å². The number of rotatable bonds is 10. The molecule has 6 heteroatoms. The minimum Gasteiger partial charge on any atom is -0.493 e. The molecule has 0 radical (unpaired) electrons. The van der Waals surface area contributed by atoms with Crippen LogP contribution in [0.1, 0.15) is 38.7 Å². The van der Waals surface area contributed by atoms with Crippen LogP contribution in [0, 0.1) is 0 Å². The fourth-order valence-corrected chi connectivity index (χ4v) is 2.56. The summed E-state index contributed by atoms with van der Waals surface area (Å²) in [6.07, 6.45) is 2.03. The van der Waals surface area contributed by atoms with E-state index in [-0.39, 0.29) is 24.3 Å². The maximum atomic E-state index is 12.6. The summed E-state index contributed by atoms with van der Waals surface area (Å²) in [5.74, 6) is 1.04. The Labute approximate surface area is 150 Å². The molecular weight excluding hydrogens is 322 g/mol. The van der Waals surface area contributed by atoms with Gasteiger partial charge in [0.25, 0.3) is 0 Å². The zero-order chi connectivity index (χ0) is 18.8. The summed E-state index contributed by atoms with van der Waals surface area (Å²) >= 11 is 0. The van der Waals surface area contributed by atoms with Crippen molar-refractivity contribution >= 4 is 11.9 Å². The van der Waals surface area contributed by atoms with Crippen molar-refractivity contribution in [1.29, 1.82) is 0 Å². The normalized spacial score (nSPS) is 11.6. The van der Waals surface area contributed by atoms with Gasteiger partial charge in [-0.3, -0.25) is 9.59 Å². The van der Waals surface area contributed by atoms with Crippen molar-refractivity contribution in [2.24, 2.45) is 0 Å². The third kappa shape index (κ3) is 6.29. The number of amides is 1. The Morgan fingerprint density at radius 2 is 1.76 bits per heavy atom. The molecule has 0 heterocycles. The Balaban J connectivity index is 2.71. The standard InChI is InChI=1S/C19H29NO5/c1-6-14(2)20(12-11-19(22)25-5)18(21)10-8-15-7-9-16(23-3)17(13-15)24-4/h7,9,13-14H,6,8,10-12H2,1-5H3. The molecular formula is C19H29NO5. The number of carbonyl (C=O) groups is 2. The first-order chi connectivity index (χ1) is 12.0. The van der Waals surface area contributed by atoms with Gasteiger partial charge < -0.3 is 19.1 Å². The zero-order valence-electron chi connectivity index (χ0n) is 15.8. The summed E-state index contributed by atoms with van der Waals surface area (Å²) < 4.78 is 15.2. The molecule has 1 aromatic carbocycles. The van der Waals surface area contributed by atoms with Crippen LogP contribution in [0.25, 0.3) is 0 Å². The SMILES string of the molecule is CCC(C)N(CCC(=O)OC)C(=O)CCc1ccc(OC)c(OC)c1. The summed E-state index contributed by atoms with van der Waals surface area (Å²) in [7, 11) is 4.53. The molecule has 0 saturated carbocycles. The molecule has 0 saturated heterocycles. The largest absolute Gasteiger partial charge is 0.493 e. The van der Waals surface area contributed by atoms with Gasteiger partial charge in [-0.1, -0.05) is 13.0 Å². The predicted molar refractivity (Wildman–Crippen MR) is 96.0 cm³/mol. The predicted octanol–water partition coefficient (Wildman–Crippen LogP) is 2.83. The number of benzene rings is 1. The maximum absolute atomic E-state index is 12.6. The second-order valence-corrected chi connectivity index (χ2v) is 5.86. The van der Waals surface area contributed by atoms with Crippen molar-refractivity contribution in [2.75, 3.05) is 27.9 Å². The van der Waals surface area contributed by atoms with Crippen molar-refractivity contribution in [3.05, 3.63) is 23.8 Å². The van der Waals surface area contributed by atoms with Gasteiger partial charge in [-0.2, -0.15) is 0 Å². The number of carbonyl (C=O) groups excluding carboxylic acids is 2.